The van der Waals surface area contributed by atoms with Gasteiger partial charge in [-0.2, -0.15) is 5.10 Å². The van der Waals surface area contributed by atoms with Crippen molar-refractivity contribution in [2.75, 3.05) is 0 Å². The molecule has 0 unspecified atom stereocenters. The van der Waals surface area contributed by atoms with Crippen LogP contribution in [-0.4, -0.2) is 22.7 Å². The number of aryl methyl sites for hydroxylation is 1. The lowest BCUT2D eigenvalue weighted by atomic mass is 10.2. The highest BCUT2D eigenvalue weighted by Gasteiger charge is 2.11. The van der Waals surface area contributed by atoms with Gasteiger partial charge in [0.2, 0.25) is 0 Å². The molecule has 0 aliphatic rings. The number of hydrazone groups is 1. The number of aromatic nitrogens is 1. The number of amides is 1. The molecular weight excluding hydrogens is 389 g/mol. The van der Waals surface area contributed by atoms with Crippen LogP contribution in [0.25, 0.3) is 0 Å². The quantitative estimate of drug-likeness (QED) is 0.294. The lowest BCUT2D eigenvalue weighted by Gasteiger charge is -2.05. The molecule has 0 radical (unpaired) electrons. The van der Waals surface area contributed by atoms with Crippen molar-refractivity contribution < 1.29 is 18.7 Å². The Balaban J connectivity index is 1.59. The summed E-state index contributed by atoms with van der Waals surface area (Å²) in [4.78, 5) is 36.3. The molecule has 0 spiro atoms. The van der Waals surface area contributed by atoms with E-state index in [0.29, 0.717) is 17.9 Å². The smallest absolute Gasteiger partial charge is 0.343 e. The van der Waals surface area contributed by atoms with Crippen LogP contribution in [0.15, 0.2) is 76.8 Å². The van der Waals surface area contributed by atoms with E-state index in [0.717, 1.165) is 0 Å². The topological polar surface area (TPSA) is 89.8 Å². The first-order valence-electron chi connectivity index (χ1n) is 9.08. The predicted molar refractivity (Wildman–Crippen MR) is 109 cm³/mol. The van der Waals surface area contributed by atoms with Crippen molar-refractivity contribution in [2.24, 2.45) is 5.10 Å². The molecule has 0 atom stereocenters. The Kier molecular flexibility index (Phi) is 6.49. The first-order chi connectivity index (χ1) is 14.5. The first kappa shape index (κ1) is 20.7. The summed E-state index contributed by atoms with van der Waals surface area (Å²) >= 11 is 0. The van der Waals surface area contributed by atoms with Gasteiger partial charge in [0.1, 0.15) is 17.1 Å². The number of hydrogen-bond acceptors (Lipinski definition) is 5. The van der Waals surface area contributed by atoms with Crippen molar-refractivity contribution in [1.29, 1.82) is 0 Å². The molecule has 2 aromatic carbocycles. The molecule has 0 saturated carbocycles. The van der Waals surface area contributed by atoms with Crippen LogP contribution in [0.1, 0.15) is 33.2 Å². The highest BCUT2D eigenvalue weighted by molar-refractivity contribution is 5.94. The SMILES string of the molecule is CCn1cccc(C(=O)N/N=C\c2ccc(OC(=O)c3ccc(F)cc3)cc2)c1=O. The van der Waals surface area contributed by atoms with E-state index < -0.39 is 17.7 Å². The third-order valence-electron chi connectivity index (χ3n) is 4.16. The number of pyridine rings is 1. The van der Waals surface area contributed by atoms with Gasteiger partial charge in [0.05, 0.1) is 11.8 Å². The summed E-state index contributed by atoms with van der Waals surface area (Å²) in [6.07, 6.45) is 3.00. The molecule has 3 aromatic rings. The molecular formula is C22H18FN3O4. The van der Waals surface area contributed by atoms with E-state index in [-0.39, 0.29) is 16.7 Å². The molecule has 152 valence electrons. The van der Waals surface area contributed by atoms with Crippen molar-refractivity contribution in [2.45, 2.75) is 13.5 Å². The van der Waals surface area contributed by atoms with Crippen LogP contribution < -0.4 is 15.7 Å². The summed E-state index contributed by atoms with van der Waals surface area (Å²) in [7, 11) is 0. The van der Waals surface area contributed by atoms with Crippen LogP contribution in [0.5, 0.6) is 5.75 Å². The van der Waals surface area contributed by atoms with Gasteiger partial charge in [-0.15, -0.1) is 0 Å². The molecule has 1 heterocycles. The van der Waals surface area contributed by atoms with Crippen molar-refractivity contribution in [3.63, 3.8) is 0 Å². The van der Waals surface area contributed by atoms with Crippen LogP contribution in [0.3, 0.4) is 0 Å². The van der Waals surface area contributed by atoms with E-state index in [9.17, 15) is 18.8 Å². The number of halogens is 1. The largest absolute Gasteiger partial charge is 0.423 e. The second kappa shape index (κ2) is 9.42. The summed E-state index contributed by atoms with van der Waals surface area (Å²) in [6, 6.07) is 14.5. The number of esters is 1. The van der Waals surface area contributed by atoms with Gasteiger partial charge in [-0.05, 0) is 73.2 Å². The summed E-state index contributed by atoms with van der Waals surface area (Å²) < 4.78 is 19.6. The third kappa shape index (κ3) is 5.05. The minimum atomic E-state index is -0.608. The molecule has 1 amide bonds. The highest BCUT2D eigenvalue weighted by Crippen LogP contribution is 2.14. The number of benzene rings is 2. The molecule has 3 rings (SSSR count). The zero-order valence-corrected chi connectivity index (χ0v) is 16.0. The van der Waals surface area contributed by atoms with E-state index in [2.05, 4.69) is 10.5 Å². The molecule has 1 aromatic heterocycles. The van der Waals surface area contributed by atoms with E-state index in [1.807, 2.05) is 6.92 Å². The Bertz CT molecular complexity index is 1140. The normalized spacial score (nSPS) is 10.7. The number of ether oxygens (including phenoxy) is 1. The monoisotopic (exact) mass is 407 g/mol. The molecule has 0 fully saturated rings. The summed E-state index contributed by atoms with van der Waals surface area (Å²) in [5, 5.41) is 3.84. The standard InChI is InChI=1S/C22H18FN3O4/c1-2-26-13-3-4-19(21(26)28)20(27)25-24-14-15-5-11-18(12-6-15)30-22(29)16-7-9-17(23)10-8-16/h3-14H,2H2,1H3,(H,25,27)/b24-14-. The summed E-state index contributed by atoms with van der Waals surface area (Å²) in [6.45, 7) is 2.27. The minimum Gasteiger partial charge on any atom is -0.423 e. The van der Waals surface area contributed by atoms with Crippen LogP contribution >= 0.6 is 0 Å². The van der Waals surface area contributed by atoms with Crippen molar-refractivity contribution in [3.8, 4) is 5.75 Å². The fourth-order valence-electron chi connectivity index (χ4n) is 2.56. The van der Waals surface area contributed by atoms with Crippen molar-refractivity contribution in [1.82, 2.24) is 9.99 Å². The van der Waals surface area contributed by atoms with Gasteiger partial charge in [0.25, 0.3) is 11.5 Å². The van der Waals surface area contributed by atoms with Gasteiger partial charge < -0.3 is 9.30 Å². The molecule has 0 bridgehead atoms. The molecule has 8 heteroatoms. The van der Waals surface area contributed by atoms with Gasteiger partial charge in [0, 0.05) is 12.7 Å². The molecule has 1 N–H and O–H groups in total. The number of carbonyl (C=O) groups is 2. The lowest BCUT2D eigenvalue weighted by Crippen LogP contribution is -2.30. The molecule has 7 nitrogen and oxygen atoms in total. The van der Waals surface area contributed by atoms with Gasteiger partial charge in [-0.3, -0.25) is 9.59 Å². The molecule has 0 aliphatic carbocycles. The fraction of sp³-hybridized carbons (Fsp3) is 0.0909. The van der Waals surface area contributed by atoms with E-state index in [1.54, 1.807) is 36.5 Å². The van der Waals surface area contributed by atoms with Gasteiger partial charge in [0.15, 0.2) is 0 Å². The number of rotatable bonds is 6. The van der Waals surface area contributed by atoms with E-state index in [1.165, 1.54) is 41.1 Å². The van der Waals surface area contributed by atoms with E-state index >= 15 is 0 Å². The Morgan fingerprint density at radius 1 is 1.10 bits per heavy atom. The van der Waals surface area contributed by atoms with Crippen LogP contribution in [0.2, 0.25) is 0 Å². The van der Waals surface area contributed by atoms with Crippen LogP contribution in [-0.2, 0) is 6.54 Å². The predicted octanol–water partition coefficient (Wildman–Crippen LogP) is 2.99. The third-order valence-corrected chi connectivity index (χ3v) is 4.16. The van der Waals surface area contributed by atoms with Gasteiger partial charge in [-0.25, -0.2) is 14.6 Å². The summed E-state index contributed by atoms with van der Waals surface area (Å²) in [5.74, 6) is -1.35. The van der Waals surface area contributed by atoms with E-state index in [4.69, 9.17) is 4.74 Å². The van der Waals surface area contributed by atoms with Gasteiger partial charge in [-0.1, -0.05) is 0 Å². The molecule has 0 aliphatic heterocycles. The fourth-order valence-corrected chi connectivity index (χ4v) is 2.56. The molecule has 0 saturated heterocycles. The Morgan fingerprint density at radius 2 is 1.80 bits per heavy atom. The maximum atomic E-state index is 12.9. The Hall–Kier alpha value is -4.07. The van der Waals surface area contributed by atoms with Gasteiger partial charge >= 0.3 is 5.97 Å². The Morgan fingerprint density at radius 3 is 2.47 bits per heavy atom. The zero-order chi connectivity index (χ0) is 21.5. The zero-order valence-electron chi connectivity index (χ0n) is 16.0. The number of nitrogens with zero attached hydrogens (tertiary/aromatic N) is 2. The number of nitrogens with one attached hydrogen (secondary N) is 1. The van der Waals surface area contributed by atoms with Crippen molar-refractivity contribution >= 4 is 18.1 Å². The number of carbonyl (C=O) groups excluding carboxylic acids is 2. The first-order valence-corrected chi connectivity index (χ1v) is 9.08. The summed E-state index contributed by atoms with van der Waals surface area (Å²) in [5.41, 5.74) is 2.79. The maximum absolute atomic E-state index is 12.9. The minimum absolute atomic E-state index is 0.000413. The maximum Gasteiger partial charge on any atom is 0.343 e. The van der Waals surface area contributed by atoms with Crippen LogP contribution in [0, 0.1) is 5.82 Å². The van der Waals surface area contributed by atoms with Crippen LogP contribution in [0.4, 0.5) is 4.39 Å². The Labute approximate surface area is 171 Å². The lowest BCUT2D eigenvalue weighted by molar-refractivity contribution is 0.0734. The highest BCUT2D eigenvalue weighted by atomic mass is 19.1. The average Bonchev–Trinajstić information content (AvgIpc) is 2.75. The second-order valence-electron chi connectivity index (χ2n) is 6.18. The molecule has 30 heavy (non-hydrogen) atoms. The average molecular weight is 407 g/mol. The number of hydrogen-bond donors (Lipinski definition) is 1. The van der Waals surface area contributed by atoms with Crippen molar-refractivity contribution in [3.05, 3.63) is 99.7 Å². The second-order valence-corrected chi connectivity index (χ2v) is 6.18.